The van der Waals surface area contributed by atoms with Crippen molar-refractivity contribution in [3.8, 4) is 0 Å². The largest absolute Gasteiger partial charge is 0.373 e. The van der Waals surface area contributed by atoms with Gasteiger partial charge in [-0.25, -0.2) is 4.98 Å². The van der Waals surface area contributed by atoms with Crippen molar-refractivity contribution in [1.82, 2.24) is 14.8 Å². The molecule has 0 saturated carbocycles. The summed E-state index contributed by atoms with van der Waals surface area (Å²) < 4.78 is 6.14. The van der Waals surface area contributed by atoms with Crippen LogP contribution in [0.4, 0.5) is 0 Å². The fourth-order valence-corrected chi connectivity index (χ4v) is 3.83. The summed E-state index contributed by atoms with van der Waals surface area (Å²) in [6.07, 6.45) is 2.98. The molecular weight excluding hydrogens is 286 g/mol. The summed E-state index contributed by atoms with van der Waals surface area (Å²) in [6, 6.07) is 0.524. The Balaban J connectivity index is 1.57. The van der Waals surface area contributed by atoms with Crippen LogP contribution in [0.15, 0.2) is 10.9 Å². The Labute approximate surface area is 129 Å². The monoisotopic (exact) mass is 309 g/mol. The molecule has 3 rings (SSSR count). The lowest BCUT2D eigenvalue weighted by Crippen LogP contribution is -2.47. The van der Waals surface area contributed by atoms with E-state index < -0.39 is 0 Å². The fourth-order valence-electron chi connectivity index (χ4n) is 3.31. The molecule has 3 heterocycles. The first-order valence-corrected chi connectivity index (χ1v) is 8.59. The molecule has 1 spiro atoms. The van der Waals surface area contributed by atoms with Crippen LogP contribution in [-0.2, 0) is 4.74 Å². The Kier molecular flexibility index (Phi) is 4.28. The highest BCUT2D eigenvalue weighted by molar-refractivity contribution is 7.07. The van der Waals surface area contributed by atoms with Crippen molar-refractivity contribution in [2.24, 2.45) is 0 Å². The van der Waals surface area contributed by atoms with Crippen LogP contribution in [0, 0.1) is 0 Å². The number of rotatable bonds is 3. The third kappa shape index (κ3) is 2.98. The molecule has 116 valence electrons. The first kappa shape index (κ1) is 14.9. The normalized spacial score (nSPS) is 24.9. The van der Waals surface area contributed by atoms with Gasteiger partial charge in [-0.15, -0.1) is 11.3 Å². The Morgan fingerprint density at radius 3 is 2.95 bits per heavy atom. The van der Waals surface area contributed by atoms with Crippen LogP contribution in [0.1, 0.15) is 36.7 Å². The maximum absolute atomic E-state index is 12.3. The van der Waals surface area contributed by atoms with Gasteiger partial charge >= 0.3 is 0 Å². The molecule has 0 aromatic carbocycles. The van der Waals surface area contributed by atoms with Gasteiger partial charge in [0.25, 0.3) is 5.91 Å². The maximum Gasteiger partial charge on any atom is 0.273 e. The molecule has 21 heavy (non-hydrogen) atoms. The fraction of sp³-hybridized carbons (Fsp3) is 0.733. The summed E-state index contributed by atoms with van der Waals surface area (Å²) in [6.45, 7) is 5.61. The van der Waals surface area contributed by atoms with Gasteiger partial charge in [0, 0.05) is 24.5 Å². The van der Waals surface area contributed by atoms with E-state index in [0.29, 0.717) is 11.7 Å². The lowest BCUT2D eigenvalue weighted by molar-refractivity contribution is -0.0393. The number of carbonyl (C=O) groups is 1. The Morgan fingerprint density at radius 1 is 1.57 bits per heavy atom. The van der Waals surface area contributed by atoms with E-state index in [1.165, 1.54) is 11.3 Å². The Hall–Kier alpha value is -0.980. The van der Waals surface area contributed by atoms with E-state index in [1.807, 2.05) is 10.3 Å². The summed E-state index contributed by atoms with van der Waals surface area (Å²) in [5, 5.41) is 1.82. The van der Waals surface area contributed by atoms with Gasteiger partial charge < -0.3 is 14.5 Å². The van der Waals surface area contributed by atoms with Gasteiger partial charge in [0.1, 0.15) is 5.69 Å². The second-order valence-electron chi connectivity index (χ2n) is 6.09. The number of likely N-dealkylation sites (tertiary alicyclic amines) is 1. The molecule has 2 aliphatic rings. The minimum absolute atomic E-state index is 0.00699. The molecule has 0 N–H and O–H groups in total. The highest BCUT2D eigenvalue weighted by Gasteiger charge is 2.44. The lowest BCUT2D eigenvalue weighted by Gasteiger charge is -2.38. The summed E-state index contributed by atoms with van der Waals surface area (Å²) in [5.41, 5.74) is 2.28. The zero-order valence-electron chi connectivity index (χ0n) is 12.7. The molecule has 0 unspecified atom stereocenters. The van der Waals surface area contributed by atoms with Crippen molar-refractivity contribution in [3.63, 3.8) is 0 Å². The van der Waals surface area contributed by atoms with Gasteiger partial charge in [0.05, 0.1) is 17.7 Å². The van der Waals surface area contributed by atoms with E-state index in [0.717, 1.165) is 45.5 Å². The number of aromatic nitrogens is 1. The van der Waals surface area contributed by atoms with E-state index >= 15 is 0 Å². The van der Waals surface area contributed by atoms with Crippen molar-refractivity contribution in [1.29, 1.82) is 0 Å². The van der Waals surface area contributed by atoms with E-state index in [4.69, 9.17) is 4.74 Å². The summed E-state index contributed by atoms with van der Waals surface area (Å²) >= 11 is 1.47. The molecule has 1 amide bonds. The van der Waals surface area contributed by atoms with Gasteiger partial charge in [-0.2, -0.15) is 0 Å². The Bertz CT molecular complexity index is 483. The standard InChI is InChI=1S/C15H23N3O2S/c1-3-17(2)12-8-15(20-9-12)4-6-18(7-5-15)14(19)13-10-21-11-16-13/h10-12H,3-9H2,1-2H3/t12-/m1/s1. The minimum Gasteiger partial charge on any atom is -0.373 e. The molecule has 6 heteroatoms. The predicted molar refractivity (Wildman–Crippen MR) is 82.6 cm³/mol. The highest BCUT2D eigenvalue weighted by atomic mass is 32.1. The third-order valence-electron chi connectivity index (χ3n) is 4.93. The van der Waals surface area contributed by atoms with Gasteiger partial charge in [-0.05, 0) is 32.9 Å². The number of likely N-dealkylation sites (N-methyl/N-ethyl adjacent to an activating group) is 1. The molecule has 0 radical (unpaired) electrons. The van der Waals surface area contributed by atoms with E-state index in [-0.39, 0.29) is 11.5 Å². The van der Waals surface area contributed by atoms with Crippen LogP contribution in [-0.4, -0.2) is 65.6 Å². The molecule has 2 aliphatic heterocycles. The number of hydrogen-bond acceptors (Lipinski definition) is 5. The van der Waals surface area contributed by atoms with Crippen LogP contribution in [0.2, 0.25) is 0 Å². The van der Waals surface area contributed by atoms with Gasteiger partial charge in [0.15, 0.2) is 0 Å². The topological polar surface area (TPSA) is 45.7 Å². The zero-order chi connectivity index (χ0) is 14.9. The first-order valence-electron chi connectivity index (χ1n) is 7.65. The summed E-state index contributed by atoms with van der Waals surface area (Å²) in [5.74, 6) is 0.0614. The third-order valence-corrected chi connectivity index (χ3v) is 5.51. The van der Waals surface area contributed by atoms with E-state index in [1.54, 1.807) is 5.51 Å². The predicted octanol–water partition coefficient (Wildman–Crippen LogP) is 1.86. The number of thiazole rings is 1. The summed E-state index contributed by atoms with van der Waals surface area (Å²) in [7, 11) is 2.16. The minimum atomic E-state index is -0.00699. The number of ether oxygens (including phenoxy) is 1. The van der Waals surface area contributed by atoms with E-state index in [2.05, 4.69) is 23.9 Å². The smallest absolute Gasteiger partial charge is 0.273 e. The number of nitrogens with zero attached hydrogens (tertiary/aromatic N) is 3. The second kappa shape index (κ2) is 6.02. The molecule has 5 nitrogen and oxygen atoms in total. The van der Waals surface area contributed by atoms with Gasteiger partial charge in [-0.3, -0.25) is 4.79 Å². The molecule has 2 fully saturated rings. The summed E-state index contributed by atoms with van der Waals surface area (Å²) in [4.78, 5) is 20.7. The number of amides is 1. The average molecular weight is 309 g/mol. The van der Waals surface area contributed by atoms with Crippen molar-refractivity contribution in [2.75, 3.05) is 33.3 Å². The van der Waals surface area contributed by atoms with Crippen molar-refractivity contribution >= 4 is 17.2 Å². The van der Waals surface area contributed by atoms with Crippen LogP contribution >= 0.6 is 11.3 Å². The van der Waals surface area contributed by atoms with Crippen molar-refractivity contribution < 1.29 is 9.53 Å². The maximum atomic E-state index is 12.3. The van der Waals surface area contributed by atoms with Crippen LogP contribution in [0.5, 0.6) is 0 Å². The lowest BCUT2D eigenvalue weighted by atomic mass is 9.87. The average Bonchev–Trinajstić information content (AvgIpc) is 3.17. The molecular formula is C15H23N3O2S. The molecule has 0 bridgehead atoms. The quantitative estimate of drug-likeness (QED) is 0.855. The first-order chi connectivity index (χ1) is 10.1. The highest BCUT2D eigenvalue weighted by Crippen LogP contribution is 2.37. The second-order valence-corrected chi connectivity index (χ2v) is 6.81. The molecule has 0 aliphatic carbocycles. The molecule has 1 aromatic rings. The molecule has 1 aromatic heterocycles. The van der Waals surface area contributed by atoms with Crippen LogP contribution in [0.3, 0.4) is 0 Å². The molecule has 2 saturated heterocycles. The van der Waals surface area contributed by atoms with Crippen molar-refractivity contribution in [2.45, 2.75) is 37.8 Å². The SMILES string of the molecule is CCN(C)[C@H]1COC2(CCN(C(=O)c3cscn3)CC2)C1. The van der Waals surface area contributed by atoms with Crippen LogP contribution in [0.25, 0.3) is 0 Å². The number of hydrogen-bond donors (Lipinski definition) is 0. The van der Waals surface area contributed by atoms with E-state index in [9.17, 15) is 4.79 Å². The zero-order valence-corrected chi connectivity index (χ0v) is 13.6. The van der Waals surface area contributed by atoms with Crippen LogP contribution < -0.4 is 0 Å². The number of piperidine rings is 1. The number of carbonyl (C=O) groups excluding carboxylic acids is 1. The molecule has 1 atom stereocenters. The van der Waals surface area contributed by atoms with Gasteiger partial charge in [-0.1, -0.05) is 6.92 Å². The van der Waals surface area contributed by atoms with Crippen molar-refractivity contribution in [3.05, 3.63) is 16.6 Å². The Morgan fingerprint density at radius 2 is 2.33 bits per heavy atom. The van der Waals surface area contributed by atoms with Gasteiger partial charge in [0.2, 0.25) is 0 Å².